The van der Waals surface area contributed by atoms with E-state index in [4.69, 9.17) is 0 Å². The second kappa shape index (κ2) is 3.92. The summed E-state index contributed by atoms with van der Waals surface area (Å²) in [5, 5.41) is 0.384. The van der Waals surface area contributed by atoms with Crippen LogP contribution in [0.1, 0.15) is 25.5 Å². The van der Waals surface area contributed by atoms with Gasteiger partial charge in [-0.05, 0) is 13.3 Å². The quantitative estimate of drug-likeness (QED) is 0.772. The predicted molar refractivity (Wildman–Crippen MR) is 61.4 cm³/mol. The van der Waals surface area contributed by atoms with Crippen molar-refractivity contribution in [2.24, 2.45) is 0 Å². The third-order valence-electron chi connectivity index (χ3n) is 2.37. The smallest absolute Gasteiger partial charge is 0.274 e. The van der Waals surface area contributed by atoms with Gasteiger partial charge in [-0.15, -0.1) is 0 Å². The monoisotopic (exact) mass is 219 g/mol. The van der Waals surface area contributed by atoms with Crippen molar-refractivity contribution in [3.8, 4) is 0 Å². The van der Waals surface area contributed by atoms with Crippen LogP contribution in [0.2, 0.25) is 0 Å². The molecule has 0 atom stereocenters. The zero-order valence-corrected chi connectivity index (χ0v) is 9.28. The number of aryl methyl sites for hydroxylation is 1. The summed E-state index contributed by atoms with van der Waals surface area (Å²) >= 11 is 0. The fourth-order valence-corrected chi connectivity index (χ4v) is 1.65. The van der Waals surface area contributed by atoms with Crippen molar-refractivity contribution in [3.63, 3.8) is 0 Å². The molecule has 2 aromatic rings. The normalized spacial score (nSPS) is 12.5. The summed E-state index contributed by atoms with van der Waals surface area (Å²) in [6.07, 6.45) is 3.47. The number of nitrogens with zero attached hydrogens (tertiary/aromatic N) is 2. The Labute approximate surface area is 91.4 Å². The highest BCUT2D eigenvalue weighted by molar-refractivity contribution is 5.33. The van der Waals surface area contributed by atoms with Gasteiger partial charge in [0.25, 0.3) is 11.1 Å². The molecule has 0 bridgehead atoms. The number of H-pyrrole nitrogens is 1. The fourth-order valence-electron chi connectivity index (χ4n) is 1.65. The average molecular weight is 219 g/mol. The Bertz CT molecular complexity index is 682. The SMILES string of the molecule is CCCC=c1c(=O)[nH]c2nc(C)cc(=O)n12. The summed E-state index contributed by atoms with van der Waals surface area (Å²) in [4.78, 5) is 30.1. The molecule has 0 radical (unpaired) electrons. The lowest BCUT2D eigenvalue weighted by Gasteiger charge is -1.93. The lowest BCUT2D eigenvalue weighted by Crippen LogP contribution is -2.32. The summed E-state index contributed by atoms with van der Waals surface area (Å²) < 4.78 is 1.32. The number of nitrogens with one attached hydrogen (secondary N) is 1. The second-order valence-electron chi connectivity index (χ2n) is 3.73. The molecule has 84 valence electrons. The molecule has 0 fully saturated rings. The average Bonchev–Trinajstić information content (AvgIpc) is 2.51. The molecule has 1 N–H and O–H groups in total. The van der Waals surface area contributed by atoms with Crippen molar-refractivity contribution in [1.82, 2.24) is 14.4 Å². The maximum absolute atomic E-state index is 11.7. The molecular formula is C11H13N3O2. The molecule has 0 aliphatic carbocycles. The molecule has 2 aromatic heterocycles. The number of aromatic nitrogens is 3. The third-order valence-corrected chi connectivity index (χ3v) is 2.37. The van der Waals surface area contributed by atoms with E-state index >= 15 is 0 Å². The highest BCUT2D eigenvalue weighted by Crippen LogP contribution is 1.90. The molecule has 5 heteroatoms. The predicted octanol–water partition coefficient (Wildman–Crippen LogP) is -0.00928. The van der Waals surface area contributed by atoms with Crippen LogP contribution in [0.15, 0.2) is 15.7 Å². The molecular weight excluding hydrogens is 206 g/mol. The highest BCUT2D eigenvalue weighted by Gasteiger charge is 2.05. The summed E-state index contributed by atoms with van der Waals surface area (Å²) in [5.41, 5.74) is 0.125. The van der Waals surface area contributed by atoms with Crippen LogP contribution in [-0.4, -0.2) is 14.4 Å². The molecule has 0 saturated carbocycles. The lowest BCUT2D eigenvalue weighted by molar-refractivity contribution is 0.962. The van der Waals surface area contributed by atoms with Crippen molar-refractivity contribution in [3.05, 3.63) is 37.8 Å². The number of imidazole rings is 1. The van der Waals surface area contributed by atoms with Crippen molar-refractivity contribution in [1.29, 1.82) is 0 Å². The topological polar surface area (TPSA) is 67.2 Å². The highest BCUT2D eigenvalue weighted by atomic mass is 16.1. The van der Waals surface area contributed by atoms with Gasteiger partial charge in [-0.25, -0.2) is 9.38 Å². The summed E-state index contributed by atoms with van der Waals surface area (Å²) in [6, 6.07) is 1.42. The fraction of sp³-hybridized carbons (Fsp3) is 0.364. The first kappa shape index (κ1) is 10.6. The van der Waals surface area contributed by atoms with Crippen LogP contribution in [0.5, 0.6) is 0 Å². The maximum Gasteiger partial charge on any atom is 0.274 e. The molecule has 0 unspecified atom stereocenters. The Kier molecular flexibility index (Phi) is 2.60. The summed E-state index contributed by atoms with van der Waals surface area (Å²) in [7, 11) is 0. The third kappa shape index (κ3) is 1.64. The first-order valence-corrected chi connectivity index (χ1v) is 5.26. The van der Waals surface area contributed by atoms with E-state index in [1.807, 2.05) is 6.92 Å². The minimum atomic E-state index is -0.261. The van der Waals surface area contributed by atoms with Crippen LogP contribution in [0.25, 0.3) is 11.9 Å². The van der Waals surface area contributed by atoms with E-state index in [1.165, 1.54) is 10.5 Å². The minimum Gasteiger partial charge on any atom is -0.290 e. The van der Waals surface area contributed by atoms with E-state index in [0.29, 0.717) is 16.8 Å². The van der Waals surface area contributed by atoms with Crippen LogP contribution >= 0.6 is 0 Å². The maximum atomic E-state index is 11.7. The van der Waals surface area contributed by atoms with E-state index in [2.05, 4.69) is 9.97 Å². The number of hydrogen-bond donors (Lipinski definition) is 1. The number of rotatable bonds is 2. The Morgan fingerprint density at radius 2 is 2.25 bits per heavy atom. The summed E-state index contributed by atoms with van der Waals surface area (Å²) in [5.74, 6) is 0.317. The molecule has 0 saturated heterocycles. The number of aromatic amines is 1. The second-order valence-corrected chi connectivity index (χ2v) is 3.73. The Balaban J connectivity index is 2.90. The van der Waals surface area contributed by atoms with Gasteiger partial charge in [0, 0.05) is 11.8 Å². The van der Waals surface area contributed by atoms with Crippen molar-refractivity contribution < 1.29 is 0 Å². The largest absolute Gasteiger partial charge is 0.290 e. The van der Waals surface area contributed by atoms with Crippen molar-refractivity contribution >= 4 is 11.9 Å². The van der Waals surface area contributed by atoms with Gasteiger partial charge in [0.15, 0.2) is 0 Å². The zero-order valence-electron chi connectivity index (χ0n) is 9.28. The van der Waals surface area contributed by atoms with Crippen LogP contribution in [0, 0.1) is 6.92 Å². The van der Waals surface area contributed by atoms with E-state index in [-0.39, 0.29) is 11.1 Å². The molecule has 0 aliphatic heterocycles. The number of fused-ring (bicyclic) bond motifs is 1. The molecule has 0 aromatic carbocycles. The van der Waals surface area contributed by atoms with Crippen LogP contribution in [0.3, 0.4) is 0 Å². The van der Waals surface area contributed by atoms with E-state index < -0.39 is 0 Å². The van der Waals surface area contributed by atoms with Gasteiger partial charge in [-0.2, -0.15) is 0 Å². The minimum absolute atomic E-state index is 0.219. The molecule has 0 amide bonds. The molecule has 0 spiro atoms. The number of hydrogen-bond acceptors (Lipinski definition) is 3. The Morgan fingerprint density at radius 3 is 2.94 bits per heavy atom. The Morgan fingerprint density at radius 1 is 1.50 bits per heavy atom. The van der Waals surface area contributed by atoms with Gasteiger partial charge in [0.05, 0.1) is 0 Å². The summed E-state index contributed by atoms with van der Waals surface area (Å²) in [6.45, 7) is 3.74. The number of unbranched alkanes of at least 4 members (excludes halogenated alkanes) is 1. The van der Waals surface area contributed by atoms with E-state index in [9.17, 15) is 9.59 Å². The van der Waals surface area contributed by atoms with Crippen LogP contribution in [-0.2, 0) is 0 Å². The lowest BCUT2D eigenvalue weighted by atomic mass is 10.3. The van der Waals surface area contributed by atoms with E-state index in [1.54, 1.807) is 13.0 Å². The molecule has 2 rings (SSSR count). The van der Waals surface area contributed by atoms with Gasteiger partial charge >= 0.3 is 0 Å². The molecule has 2 heterocycles. The van der Waals surface area contributed by atoms with Gasteiger partial charge in [-0.3, -0.25) is 14.6 Å². The van der Waals surface area contributed by atoms with Gasteiger partial charge in [-0.1, -0.05) is 19.4 Å². The van der Waals surface area contributed by atoms with E-state index in [0.717, 1.165) is 12.8 Å². The van der Waals surface area contributed by atoms with Gasteiger partial charge < -0.3 is 0 Å². The van der Waals surface area contributed by atoms with Gasteiger partial charge in [0.2, 0.25) is 5.78 Å². The Hall–Kier alpha value is -1.91. The molecule has 0 aliphatic rings. The van der Waals surface area contributed by atoms with Crippen LogP contribution in [0.4, 0.5) is 0 Å². The molecule has 5 nitrogen and oxygen atoms in total. The first-order chi connectivity index (χ1) is 7.63. The molecule has 16 heavy (non-hydrogen) atoms. The van der Waals surface area contributed by atoms with Crippen molar-refractivity contribution in [2.75, 3.05) is 0 Å². The van der Waals surface area contributed by atoms with Gasteiger partial charge in [0.1, 0.15) is 5.35 Å². The van der Waals surface area contributed by atoms with Crippen molar-refractivity contribution in [2.45, 2.75) is 26.7 Å². The standard InChI is InChI=1S/C11H13N3O2/c1-3-4-5-8-10(16)13-11-12-7(2)6-9(15)14(8)11/h5-6H,3-4H2,1-2H3,(H,12,13,16). The first-order valence-electron chi connectivity index (χ1n) is 5.26. The van der Waals surface area contributed by atoms with Crippen LogP contribution < -0.4 is 16.5 Å². The zero-order chi connectivity index (χ0) is 11.7.